The maximum absolute atomic E-state index is 13.3. The van der Waals surface area contributed by atoms with Crippen molar-refractivity contribution in [3.05, 3.63) is 76.0 Å². The monoisotopic (exact) mass is 428 g/mol. The Morgan fingerprint density at radius 3 is 2.77 bits per heavy atom. The summed E-state index contributed by atoms with van der Waals surface area (Å²) in [6.45, 7) is 3.12. The Labute approximate surface area is 179 Å². The fourth-order valence-corrected chi connectivity index (χ4v) is 4.94. The number of nitrogens with one attached hydrogen (secondary N) is 1. The molecular weight excluding hydrogens is 403 g/mol. The number of aliphatic hydroxyl groups is 1. The molecular formula is C22H25FN4O2S. The van der Waals surface area contributed by atoms with Crippen LogP contribution < -0.4 is 5.32 Å². The highest BCUT2D eigenvalue weighted by Gasteiger charge is 2.46. The number of nitrogens with zero attached hydrogens (tertiary/aromatic N) is 3. The van der Waals surface area contributed by atoms with Gasteiger partial charge in [0.15, 0.2) is 0 Å². The minimum Gasteiger partial charge on any atom is -0.388 e. The number of aromatic nitrogens is 2. The number of thiophene rings is 1. The number of aryl methyl sites for hydroxylation is 1. The highest BCUT2D eigenvalue weighted by Crippen LogP contribution is 2.39. The molecule has 0 saturated carbocycles. The molecule has 158 valence electrons. The zero-order valence-corrected chi connectivity index (χ0v) is 17.8. The van der Waals surface area contributed by atoms with Crippen LogP contribution in [0.1, 0.15) is 40.2 Å². The van der Waals surface area contributed by atoms with Gasteiger partial charge in [-0.05, 0) is 49.1 Å². The first kappa shape index (κ1) is 20.7. The fraction of sp³-hybridized carbons (Fsp3) is 0.364. The van der Waals surface area contributed by atoms with E-state index in [2.05, 4.69) is 15.3 Å². The summed E-state index contributed by atoms with van der Waals surface area (Å²) in [6.07, 6.45) is 4.33. The van der Waals surface area contributed by atoms with Crippen LogP contribution in [0.2, 0.25) is 0 Å². The summed E-state index contributed by atoms with van der Waals surface area (Å²) in [5.41, 5.74) is 0.348. The van der Waals surface area contributed by atoms with Crippen LogP contribution in [0.15, 0.2) is 54.2 Å². The number of hydrogen-bond donors (Lipinski definition) is 2. The number of carbonyl (C=O) groups excluding carboxylic acids is 1. The molecule has 1 aromatic carbocycles. The standard InChI is InChI=1S/C22H25FN4O2S/c1-22(29)9-10-27(14-15-12-24-26(2)13-15)19(18-4-3-11-30-18)20(22)25-21(28)16-5-7-17(23)8-6-16/h3-8,11-13,19-20,29H,9-10,14H2,1-2H3,(H,25,28). The van der Waals surface area contributed by atoms with Gasteiger partial charge in [0, 0.05) is 42.3 Å². The van der Waals surface area contributed by atoms with E-state index in [4.69, 9.17) is 0 Å². The lowest BCUT2D eigenvalue weighted by molar-refractivity contribution is -0.0656. The highest BCUT2D eigenvalue weighted by atomic mass is 32.1. The largest absolute Gasteiger partial charge is 0.388 e. The second-order valence-electron chi connectivity index (χ2n) is 8.02. The van der Waals surface area contributed by atoms with Crippen LogP contribution in [0.3, 0.4) is 0 Å². The number of hydrogen-bond acceptors (Lipinski definition) is 5. The molecule has 3 heterocycles. The van der Waals surface area contributed by atoms with Gasteiger partial charge in [0.1, 0.15) is 5.82 Å². The molecule has 3 unspecified atom stereocenters. The van der Waals surface area contributed by atoms with Gasteiger partial charge in [0.25, 0.3) is 5.91 Å². The van der Waals surface area contributed by atoms with E-state index < -0.39 is 17.5 Å². The summed E-state index contributed by atoms with van der Waals surface area (Å²) >= 11 is 1.60. The van der Waals surface area contributed by atoms with Gasteiger partial charge in [-0.3, -0.25) is 14.4 Å². The van der Waals surface area contributed by atoms with Crippen LogP contribution in [0.25, 0.3) is 0 Å². The summed E-state index contributed by atoms with van der Waals surface area (Å²) in [4.78, 5) is 16.3. The Hall–Kier alpha value is -2.55. The molecule has 2 N–H and O–H groups in total. The molecule has 6 nitrogen and oxygen atoms in total. The first-order chi connectivity index (χ1) is 14.3. The summed E-state index contributed by atoms with van der Waals surface area (Å²) in [5.74, 6) is -0.722. The average molecular weight is 429 g/mol. The number of rotatable bonds is 5. The highest BCUT2D eigenvalue weighted by molar-refractivity contribution is 7.10. The molecule has 3 atom stereocenters. The molecule has 1 fully saturated rings. The summed E-state index contributed by atoms with van der Waals surface area (Å²) in [6, 6.07) is 8.72. The zero-order valence-electron chi connectivity index (χ0n) is 17.0. The van der Waals surface area contributed by atoms with Gasteiger partial charge in [-0.2, -0.15) is 5.10 Å². The average Bonchev–Trinajstić information content (AvgIpc) is 3.37. The third-order valence-electron chi connectivity index (χ3n) is 5.66. The Morgan fingerprint density at radius 2 is 2.13 bits per heavy atom. The van der Waals surface area contributed by atoms with Crippen LogP contribution in [-0.4, -0.2) is 43.9 Å². The van der Waals surface area contributed by atoms with Crippen molar-refractivity contribution < 1.29 is 14.3 Å². The van der Waals surface area contributed by atoms with E-state index in [0.717, 1.165) is 10.4 Å². The molecule has 2 aromatic heterocycles. The second kappa shape index (κ2) is 8.29. The molecule has 8 heteroatoms. The van der Waals surface area contributed by atoms with Crippen molar-refractivity contribution in [1.82, 2.24) is 20.0 Å². The molecule has 1 saturated heterocycles. The lowest BCUT2D eigenvalue weighted by Crippen LogP contribution is -2.62. The quantitative estimate of drug-likeness (QED) is 0.655. The Balaban J connectivity index is 1.65. The number of piperidine rings is 1. The topological polar surface area (TPSA) is 70.4 Å². The van der Waals surface area contributed by atoms with Crippen LogP contribution in [-0.2, 0) is 13.6 Å². The van der Waals surface area contributed by atoms with Crippen LogP contribution >= 0.6 is 11.3 Å². The Morgan fingerprint density at radius 1 is 1.37 bits per heavy atom. The third kappa shape index (κ3) is 4.30. The first-order valence-corrected chi connectivity index (χ1v) is 10.8. The summed E-state index contributed by atoms with van der Waals surface area (Å²) in [5, 5.41) is 20.5. The number of amides is 1. The number of likely N-dealkylation sites (tertiary alicyclic amines) is 1. The summed E-state index contributed by atoms with van der Waals surface area (Å²) < 4.78 is 15.0. The van der Waals surface area contributed by atoms with Gasteiger partial charge in [0.2, 0.25) is 0 Å². The predicted molar refractivity (Wildman–Crippen MR) is 114 cm³/mol. The fourth-order valence-electron chi connectivity index (χ4n) is 4.04. The predicted octanol–water partition coefficient (Wildman–Crippen LogP) is 3.12. The minimum atomic E-state index is -1.09. The lowest BCUT2D eigenvalue weighted by Gasteiger charge is -2.48. The van der Waals surface area contributed by atoms with Crippen LogP contribution in [0, 0.1) is 5.82 Å². The Kier molecular flexibility index (Phi) is 5.73. The SMILES string of the molecule is Cn1cc(CN2CCC(C)(O)C(NC(=O)c3ccc(F)cc3)C2c2cccs2)cn1. The zero-order chi connectivity index (χ0) is 21.3. The van der Waals surface area contributed by atoms with Crippen molar-refractivity contribution in [1.29, 1.82) is 0 Å². The third-order valence-corrected chi connectivity index (χ3v) is 6.60. The Bertz CT molecular complexity index is 1000. The van der Waals surface area contributed by atoms with Crippen molar-refractivity contribution in [2.75, 3.05) is 6.54 Å². The molecule has 1 amide bonds. The normalized spacial score (nSPS) is 24.7. The molecule has 30 heavy (non-hydrogen) atoms. The van der Waals surface area contributed by atoms with E-state index in [0.29, 0.717) is 25.1 Å². The number of benzene rings is 1. The van der Waals surface area contributed by atoms with E-state index in [1.165, 1.54) is 24.3 Å². The first-order valence-electron chi connectivity index (χ1n) is 9.87. The van der Waals surface area contributed by atoms with Crippen molar-refractivity contribution in [2.45, 2.75) is 37.6 Å². The van der Waals surface area contributed by atoms with E-state index in [9.17, 15) is 14.3 Å². The maximum Gasteiger partial charge on any atom is 0.251 e. The summed E-state index contributed by atoms with van der Waals surface area (Å²) in [7, 11) is 1.88. The van der Waals surface area contributed by atoms with Gasteiger partial charge in [-0.1, -0.05) is 6.07 Å². The van der Waals surface area contributed by atoms with E-state index in [1.54, 1.807) is 22.9 Å². The van der Waals surface area contributed by atoms with Gasteiger partial charge in [0.05, 0.1) is 23.9 Å². The van der Waals surface area contributed by atoms with Gasteiger partial charge in [-0.25, -0.2) is 4.39 Å². The van der Waals surface area contributed by atoms with Crippen LogP contribution in [0.5, 0.6) is 0 Å². The van der Waals surface area contributed by atoms with E-state index in [1.807, 2.05) is 37.0 Å². The number of carbonyl (C=O) groups is 1. The van der Waals surface area contributed by atoms with Crippen molar-refractivity contribution >= 4 is 17.2 Å². The molecule has 1 aliphatic rings. The van der Waals surface area contributed by atoms with E-state index in [-0.39, 0.29) is 11.9 Å². The smallest absolute Gasteiger partial charge is 0.251 e. The second-order valence-corrected chi connectivity index (χ2v) is 9.00. The molecule has 4 rings (SSSR count). The van der Waals surface area contributed by atoms with Gasteiger partial charge in [-0.15, -0.1) is 11.3 Å². The van der Waals surface area contributed by atoms with Crippen molar-refractivity contribution in [3.8, 4) is 0 Å². The van der Waals surface area contributed by atoms with Gasteiger partial charge >= 0.3 is 0 Å². The van der Waals surface area contributed by atoms with Crippen molar-refractivity contribution in [2.24, 2.45) is 7.05 Å². The lowest BCUT2D eigenvalue weighted by atomic mass is 9.81. The molecule has 0 bridgehead atoms. The van der Waals surface area contributed by atoms with Gasteiger partial charge < -0.3 is 10.4 Å². The molecule has 0 spiro atoms. The molecule has 1 aliphatic heterocycles. The maximum atomic E-state index is 13.3. The minimum absolute atomic E-state index is 0.196. The number of halogens is 1. The molecule has 0 radical (unpaired) electrons. The van der Waals surface area contributed by atoms with Crippen molar-refractivity contribution in [3.63, 3.8) is 0 Å². The molecule has 3 aromatic rings. The van der Waals surface area contributed by atoms with E-state index >= 15 is 0 Å². The van der Waals surface area contributed by atoms with Crippen LogP contribution in [0.4, 0.5) is 4.39 Å². The molecule has 0 aliphatic carbocycles.